The second-order valence-corrected chi connectivity index (χ2v) is 6.67. The average Bonchev–Trinajstić information content (AvgIpc) is 2.54. The Morgan fingerprint density at radius 3 is 2.43 bits per heavy atom. The van der Waals surface area contributed by atoms with Gasteiger partial charge in [-0.15, -0.1) is 0 Å². The highest BCUT2D eigenvalue weighted by molar-refractivity contribution is 9.12. The van der Waals surface area contributed by atoms with Crippen molar-refractivity contribution >= 4 is 55.0 Å². The number of rotatable bonds is 3. The lowest BCUT2D eigenvalue weighted by molar-refractivity contribution is -0.384. The molecule has 0 amide bonds. The monoisotopic (exact) mass is 444 g/mol. The number of nitro benzene ring substituents is 1. The van der Waals surface area contributed by atoms with E-state index in [0.29, 0.717) is 11.3 Å². The van der Waals surface area contributed by atoms with Crippen LogP contribution in [-0.4, -0.2) is 32.0 Å². The van der Waals surface area contributed by atoms with Crippen LogP contribution in [0.5, 0.6) is 0 Å². The Morgan fingerprint density at radius 2 is 1.87 bits per heavy atom. The van der Waals surface area contributed by atoms with Crippen molar-refractivity contribution in [2.75, 3.05) is 0 Å². The van der Waals surface area contributed by atoms with E-state index in [4.69, 9.17) is 4.84 Å². The smallest absolute Gasteiger partial charge is 0.313 e. The maximum Gasteiger partial charge on any atom is 0.365 e. The summed E-state index contributed by atoms with van der Waals surface area (Å²) in [7, 11) is 0. The largest absolute Gasteiger partial charge is 0.365 e. The summed E-state index contributed by atoms with van der Waals surface area (Å²) in [6.07, 6.45) is 1.53. The van der Waals surface area contributed by atoms with Gasteiger partial charge in [0.15, 0.2) is 5.78 Å². The number of halogens is 2. The predicted octanol–water partition coefficient (Wildman–Crippen LogP) is 3.16. The highest BCUT2D eigenvalue weighted by atomic mass is 79.9. The quantitative estimate of drug-likeness (QED) is 0.308. The number of oxime groups is 1. The fraction of sp³-hybridized carbons (Fsp3) is 0.214. The standard InChI is InChI=1S/C14H10Br2N2O5/c1-7-6-10(11(15)12(16)13(7)19)17-23-14(20)8-2-4-9(5-3-8)18(21)22/h2-6,11-12H,1H3/b17-10+. The molecule has 1 aliphatic rings. The Morgan fingerprint density at radius 1 is 1.26 bits per heavy atom. The fourth-order valence-corrected chi connectivity index (χ4v) is 2.90. The molecule has 0 bridgehead atoms. The highest BCUT2D eigenvalue weighted by Crippen LogP contribution is 2.26. The molecule has 120 valence electrons. The number of carbonyl (C=O) groups is 2. The van der Waals surface area contributed by atoms with E-state index in [0.717, 1.165) is 0 Å². The maximum atomic E-state index is 11.9. The van der Waals surface area contributed by atoms with E-state index < -0.39 is 20.5 Å². The molecule has 2 atom stereocenters. The normalized spacial score (nSPS) is 22.7. The van der Waals surface area contributed by atoms with Crippen molar-refractivity contribution in [3.05, 3.63) is 51.6 Å². The molecule has 0 aliphatic heterocycles. The molecule has 7 nitrogen and oxygen atoms in total. The van der Waals surface area contributed by atoms with Gasteiger partial charge in [-0.1, -0.05) is 37.0 Å². The van der Waals surface area contributed by atoms with Gasteiger partial charge in [-0.3, -0.25) is 14.9 Å². The van der Waals surface area contributed by atoms with E-state index >= 15 is 0 Å². The van der Waals surface area contributed by atoms with Gasteiger partial charge in [0.2, 0.25) is 0 Å². The lowest BCUT2D eigenvalue weighted by Crippen LogP contribution is -2.35. The maximum absolute atomic E-state index is 11.9. The summed E-state index contributed by atoms with van der Waals surface area (Å²) in [4.78, 5) is 37.6. The molecule has 2 unspecified atom stereocenters. The van der Waals surface area contributed by atoms with Crippen LogP contribution in [-0.2, 0) is 9.63 Å². The van der Waals surface area contributed by atoms with Crippen molar-refractivity contribution in [3.8, 4) is 0 Å². The Labute approximate surface area is 147 Å². The van der Waals surface area contributed by atoms with Gasteiger partial charge < -0.3 is 4.84 Å². The number of Topliss-reactive ketones (excluding diaryl/α,β-unsaturated/α-hetero) is 1. The molecule has 23 heavy (non-hydrogen) atoms. The Balaban J connectivity index is 2.14. The molecule has 0 N–H and O–H groups in total. The number of nitrogens with zero attached hydrogens (tertiary/aromatic N) is 2. The van der Waals surface area contributed by atoms with Gasteiger partial charge in [-0.25, -0.2) is 4.79 Å². The Bertz CT molecular complexity index is 727. The van der Waals surface area contributed by atoms with Crippen LogP contribution in [0.3, 0.4) is 0 Å². The summed E-state index contributed by atoms with van der Waals surface area (Å²) in [5.74, 6) is -0.825. The predicted molar refractivity (Wildman–Crippen MR) is 90.1 cm³/mol. The molecule has 1 aromatic carbocycles. The lowest BCUT2D eigenvalue weighted by atomic mass is 9.98. The van der Waals surface area contributed by atoms with Crippen molar-refractivity contribution < 1.29 is 19.3 Å². The minimum atomic E-state index is -0.749. The number of ketones is 1. The van der Waals surface area contributed by atoms with E-state index in [2.05, 4.69) is 37.0 Å². The zero-order chi connectivity index (χ0) is 17.1. The average molecular weight is 446 g/mol. The van der Waals surface area contributed by atoms with Gasteiger partial charge in [0, 0.05) is 12.1 Å². The second-order valence-electron chi connectivity index (χ2n) is 4.69. The number of hydrogen-bond acceptors (Lipinski definition) is 6. The minimum Gasteiger partial charge on any atom is -0.313 e. The van der Waals surface area contributed by atoms with Crippen molar-refractivity contribution in [2.45, 2.75) is 16.6 Å². The molecular weight excluding hydrogens is 436 g/mol. The minimum absolute atomic E-state index is 0.0764. The third-order valence-electron chi connectivity index (χ3n) is 3.09. The molecule has 1 aromatic rings. The first-order valence-corrected chi connectivity index (χ1v) is 8.18. The van der Waals surface area contributed by atoms with E-state index in [1.165, 1.54) is 30.3 Å². The van der Waals surface area contributed by atoms with Gasteiger partial charge in [0.05, 0.1) is 25.9 Å². The summed E-state index contributed by atoms with van der Waals surface area (Å²) in [5.41, 5.74) is 0.890. The van der Waals surface area contributed by atoms with Crippen LogP contribution in [0.1, 0.15) is 17.3 Å². The van der Waals surface area contributed by atoms with Crippen LogP contribution < -0.4 is 0 Å². The van der Waals surface area contributed by atoms with Crippen LogP contribution in [0, 0.1) is 10.1 Å². The molecule has 0 heterocycles. The van der Waals surface area contributed by atoms with Gasteiger partial charge in [-0.2, -0.15) is 0 Å². The summed E-state index contributed by atoms with van der Waals surface area (Å²) < 4.78 is 0. The zero-order valence-corrected chi connectivity index (χ0v) is 14.9. The van der Waals surface area contributed by atoms with Gasteiger partial charge >= 0.3 is 5.97 Å². The van der Waals surface area contributed by atoms with Crippen LogP contribution >= 0.6 is 31.9 Å². The number of nitro groups is 1. The van der Waals surface area contributed by atoms with Crippen molar-refractivity contribution in [2.24, 2.45) is 5.16 Å². The summed E-state index contributed by atoms with van der Waals surface area (Å²) in [6.45, 7) is 1.64. The molecule has 0 saturated heterocycles. The molecule has 0 fully saturated rings. The summed E-state index contributed by atoms with van der Waals surface area (Å²) >= 11 is 6.56. The molecule has 0 radical (unpaired) electrons. The van der Waals surface area contributed by atoms with E-state index in [1.54, 1.807) is 6.92 Å². The SMILES string of the molecule is CC1=C/C(=N\OC(=O)c2ccc([N+](=O)[O-])cc2)C(Br)C(Br)C1=O. The third kappa shape index (κ3) is 3.91. The van der Waals surface area contributed by atoms with E-state index in [1.807, 2.05) is 0 Å². The van der Waals surface area contributed by atoms with Crippen molar-refractivity contribution in [1.29, 1.82) is 0 Å². The summed E-state index contributed by atoms with van der Waals surface area (Å²) in [6, 6.07) is 4.97. The van der Waals surface area contributed by atoms with Crippen molar-refractivity contribution in [1.82, 2.24) is 0 Å². The topological polar surface area (TPSA) is 98.9 Å². The zero-order valence-electron chi connectivity index (χ0n) is 11.7. The molecule has 0 aromatic heterocycles. The second kappa shape index (κ2) is 7.14. The Kier molecular flexibility index (Phi) is 5.42. The fourth-order valence-electron chi connectivity index (χ4n) is 1.82. The number of alkyl halides is 2. The molecule has 0 saturated carbocycles. The first-order chi connectivity index (χ1) is 10.8. The first kappa shape index (κ1) is 17.5. The van der Waals surface area contributed by atoms with Gasteiger partial charge in [-0.05, 0) is 30.7 Å². The molecular formula is C14H10Br2N2O5. The van der Waals surface area contributed by atoms with Crippen LogP contribution in [0.15, 0.2) is 41.1 Å². The van der Waals surface area contributed by atoms with E-state index in [-0.39, 0.29) is 17.0 Å². The van der Waals surface area contributed by atoms with E-state index in [9.17, 15) is 19.7 Å². The summed E-state index contributed by atoms with van der Waals surface area (Å²) in [5, 5.41) is 14.3. The molecule has 0 spiro atoms. The number of non-ortho nitro benzene ring substituents is 1. The highest BCUT2D eigenvalue weighted by Gasteiger charge is 2.33. The lowest BCUT2D eigenvalue weighted by Gasteiger charge is -2.20. The van der Waals surface area contributed by atoms with Gasteiger partial charge in [0.1, 0.15) is 0 Å². The number of benzene rings is 1. The first-order valence-electron chi connectivity index (χ1n) is 6.35. The van der Waals surface area contributed by atoms with Crippen LogP contribution in [0.25, 0.3) is 0 Å². The van der Waals surface area contributed by atoms with Crippen LogP contribution in [0.2, 0.25) is 0 Å². The third-order valence-corrected chi connectivity index (χ3v) is 5.74. The van der Waals surface area contributed by atoms with Crippen LogP contribution in [0.4, 0.5) is 5.69 Å². The Hall–Kier alpha value is -1.87. The number of hydrogen-bond donors (Lipinski definition) is 0. The number of carbonyl (C=O) groups excluding carboxylic acids is 2. The molecule has 2 rings (SSSR count). The molecule has 1 aliphatic carbocycles. The van der Waals surface area contributed by atoms with Crippen molar-refractivity contribution in [3.63, 3.8) is 0 Å². The number of allylic oxidation sites excluding steroid dienone is 2. The molecule has 9 heteroatoms. The van der Waals surface area contributed by atoms with Gasteiger partial charge in [0.25, 0.3) is 5.69 Å².